The third-order valence-electron chi connectivity index (χ3n) is 3.20. The van der Waals surface area contributed by atoms with E-state index in [0.29, 0.717) is 18.2 Å². The maximum absolute atomic E-state index is 10.1. The minimum Gasteiger partial charge on any atom is -0.389 e. The van der Waals surface area contributed by atoms with Gasteiger partial charge in [0.15, 0.2) is 0 Å². The zero-order chi connectivity index (χ0) is 16.2. The van der Waals surface area contributed by atoms with Gasteiger partial charge in [0.05, 0.1) is 25.9 Å². The van der Waals surface area contributed by atoms with Crippen LogP contribution in [0.1, 0.15) is 32.2 Å². The van der Waals surface area contributed by atoms with Crippen LogP contribution >= 0.6 is 11.6 Å². The molecule has 22 heavy (non-hydrogen) atoms. The summed E-state index contributed by atoms with van der Waals surface area (Å²) in [6.07, 6.45) is 0.864. The first-order valence-electron chi connectivity index (χ1n) is 7.25. The Morgan fingerprint density at radius 2 is 2.05 bits per heavy atom. The molecule has 5 nitrogen and oxygen atoms in total. The number of aromatic nitrogens is 3. The van der Waals surface area contributed by atoms with Crippen LogP contribution in [0.2, 0.25) is 5.02 Å². The van der Waals surface area contributed by atoms with Crippen LogP contribution < -0.4 is 0 Å². The van der Waals surface area contributed by atoms with Gasteiger partial charge in [0.1, 0.15) is 12.2 Å². The lowest BCUT2D eigenvalue weighted by Crippen LogP contribution is -2.27. The highest BCUT2D eigenvalue weighted by atomic mass is 35.5. The summed E-state index contributed by atoms with van der Waals surface area (Å²) in [5, 5.41) is 15.0. The number of nitrogens with zero attached hydrogens (tertiary/aromatic N) is 3. The van der Waals surface area contributed by atoms with E-state index in [1.165, 1.54) is 6.33 Å². The van der Waals surface area contributed by atoms with E-state index in [4.69, 9.17) is 16.3 Å². The molecule has 0 aliphatic rings. The van der Waals surface area contributed by atoms with Crippen molar-refractivity contribution in [3.8, 4) is 0 Å². The number of aliphatic hydroxyl groups excluding tert-OH is 1. The summed E-state index contributed by atoms with van der Waals surface area (Å²) >= 11 is 6.06. The molecule has 0 spiro atoms. The Morgan fingerprint density at radius 1 is 1.32 bits per heavy atom. The van der Waals surface area contributed by atoms with Crippen molar-refractivity contribution in [1.82, 2.24) is 14.8 Å². The van der Waals surface area contributed by atoms with E-state index in [1.807, 2.05) is 24.3 Å². The lowest BCUT2D eigenvalue weighted by Gasteiger charge is -2.20. The zero-order valence-corrected chi connectivity index (χ0v) is 13.9. The number of aliphatic hydroxyl groups is 1. The standard InChI is InChI=1S/C16H22ClN3O2/c1-16(2,3)15-18-11-19-20(15)8-13(21)10-22-9-12-6-4-5-7-14(12)17/h4-7,11,13,21H,8-10H2,1-3H3. The van der Waals surface area contributed by atoms with E-state index in [0.717, 1.165) is 11.4 Å². The predicted octanol–water partition coefficient (Wildman–Crippen LogP) is 2.81. The summed E-state index contributed by atoms with van der Waals surface area (Å²) in [6.45, 7) is 7.14. The highest BCUT2D eigenvalue weighted by Gasteiger charge is 2.21. The number of rotatable bonds is 6. The lowest BCUT2D eigenvalue weighted by atomic mass is 9.96. The molecule has 1 N–H and O–H groups in total. The summed E-state index contributed by atoms with van der Waals surface area (Å²) < 4.78 is 7.27. The van der Waals surface area contributed by atoms with Gasteiger partial charge in [-0.25, -0.2) is 9.67 Å². The van der Waals surface area contributed by atoms with Crippen molar-refractivity contribution in [2.45, 2.75) is 45.4 Å². The van der Waals surface area contributed by atoms with Gasteiger partial charge in [-0.1, -0.05) is 50.6 Å². The molecule has 0 aliphatic carbocycles. The molecule has 1 heterocycles. The Balaban J connectivity index is 1.85. The summed E-state index contributed by atoms with van der Waals surface area (Å²) in [5.74, 6) is 0.845. The monoisotopic (exact) mass is 323 g/mol. The van der Waals surface area contributed by atoms with Crippen LogP contribution in [0.3, 0.4) is 0 Å². The summed E-state index contributed by atoms with van der Waals surface area (Å²) in [6, 6.07) is 7.51. The Labute approximate surface area is 135 Å². The molecule has 0 radical (unpaired) electrons. The van der Waals surface area contributed by atoms with Gasteiger partial charge in [-0.15, -0.1) is 0 Å². The quantitative estimate of drug-likeness (QED) is 0.888. The average molecular weight is 324 g/mol. The van der Waals surface area contributed by atoms with E-state index in [2.05, 4.69) is 30.9 Å². The fourth-order valence-corrected chi connectivity index (χ4v) is 2.34. The van der Waals surface area contributed by atoms with E-state index >= 15 is 0 Å². The van der Waals surface area contributed by atoms with Crippen LogP contribution in [-0.2, 0) is 23.3 Å². The second-order valence-corrected chi connectivity index (χ2v) is 6.68. The number of ether oxygens (including phenoxy) is 1. The number of benzene rings is 1. The highest BCUT2D eigenvalue weighted by molar-refractivity contribution is 6.31. The molecular weight excluding hydrogens is 302 g/mol. The third kappa shape index (κ3) is 4.53. The molecule has 0 saturated heterocycles. The van der Waals surface area contributed by atoms with Gasteiger partial charge in [-0.2, -0.15) is 5.10 Å². The van der Waals surface area contributed by atoms with Crippen LogP contribution in [-0.4, -0.2) is 32.6 Å². The van der Waals surface area contributed by atoms with Crippen molar-refractivity contribution in [2.24, 2.45) is 0 Å². The third-order valence-corrected chi connectivity index (χ3v) is 3.56. The van der Waals surface area contributed by atoms with Gasteiger partial charge in [-0.3, -0.25) is 0 Å². The first kappa shape index (κ1) is 16.9. The van der Waals surface area contributed by atoms with Crippen molar-refractivity contribution < 1.29 is 9.84 Å². The maximum Gasteiger partial charge on any atom is 0.138 e. The smallest absolute Gasteiger partial charge is 0.138 e. The average Bonchev–Trinajstić information content (AvgIpc) is 2.89. The minimum absolute atomic E-state index is 0.116. The van der Waals surface area contributed by atoms with Crippen LogP contribution in [0, 0.1) is 0 Å². The van der Waals surface area contributed by atoms with E-state index in [-0.39, 0.29) is 12.0 Å². The zero-order valence-electron chi connectivity index (χ0n) is 13.2. The lowest BCUT2D eigenvalue weighted by molar-refractivity contribution is 0.0179. The molecule has 2 aromatic rings. The Kier molecular flexibility index (Phi) is 5.56. The van der Waals surface area contributed by atoms with Gasteiger partial charge in [0, 0.05) is 10.4 Å². The second-order valence-electron chi connectivity index (χ2n) is 6.28. The molecule has 0 amide bonds. The first-order valence-corrected chi connectivity index (χ1v) is 7.63. The number of halogens is 1. The van der Waals surface area contributed by atoms with Gasteiger partial charge in [-0.05, 0) is 11.6 Å². The number of hydrogen-bond donors (Lipinski definition) is 1. The van der Waals surface area contributed by atoms with E-state index < -0.39 is 6.10 Å². The molecule has 0 aliphatic heterocycles. The van der Waals surface area contributed by atoms with Crippen molar-refractivity contribution in [3.05, 3.63) is 47.0 Å². The first-order chi connectivity index (χ1) is 10.4. The van der Waals surface area contributed by atoms with Gasteiger partial charge in [0.25, 0.3) is 0 Å². The molecule has 1 atom stereocenters. The molecule has 6 heteroatoms. The van der Waals surface area contributed by atoms with Gasteiger partial charge >= 0.3 is 0 Å². The summed E-state index contributed by atoms with van der Waals surface area (Å²) in [7, 11) is 0. The molecule has 0 saturated carbocycles. The van der Waals surface area contributed by atoms with E-state index in [1.54, 1.807) is 4.68 Å². The summed E-state index contributed by atoms with van der Waals surface area (Å²) in [4.78, 5) is 4.26. The predicted molar refractivity (Wildman–Crippen MR) is 85.8 cm³/mol. The van der Waals surface area contributed by atoms with Gasteiger partial charge in [0.2, 0.25) is 0 Å². The van der Waals surface area contributed by atoms with Crippen molar-refractivity contribution in [2.75, 3.05) is 6.61 Å². The van der Waals surface area contributed by atoms with Crippen LogP contribution in [0.5, 0.6) is 0 Å². The van der Waals surface area contributed by atoms with Crippen molar-refractivity contribution in [1.29, 1.82) is 0 Å². The Morgan fingerprint density at radius 3 is 2.73 bits per heavy atom. The molecule has 1 unspecified atom stereocenters. The Bertz CT molecular complexity index is 607. The molecule has 1 aromatic heterocycles. The maximum atomic E-state index is 10.1. The topological polar surface area (TPSA) is 60.2 Å². The second kappa shape index (κ2) is 7.22. The Hall–Kier alpha value is -1.43. The molecular formula is C16H22ClN3O2. The normalized spacial score (nSPS) is 13.3. The molecule has 1 aromatic carbocycles. The largest absolute Gasteiger partial charge is 0.389 e. The van der Waals surface area contributed by atoms with Crippen molar-refractivity contribution in [3.63, 3.8) is 0 Å². The highest BCUT2D eigenvalue weighted by Crippen LogP contribution is 2.19. The van der Waals surface area contributed by atoms with Crippen LogP contribution in [0.25, 0.3) is 0 Å². The van der Waals surface area contributed by atoms with Gasteiger partial charge < -0.3 is 9.84 Å². The minimum atomic E-state index is -0.648. The van der Waals surface area contributed by atoms with Crippen LogP contribution in [0.15, 0.2) is 30.6 Å². The molecule has 120 valence electrons. The SMILES string of the molecule is CC(C)(C)c1ncnn1CC(O)COCc1ccccc1Cl. The number of hydrogen-bond acceptors (Lipinski definition) is 4. The molecule has 0 fully saturated rings. The van der Waals surface area contributed by atoms with Crippen LogP contribution in [0.4, 0.5) is 0 Å². The molecule has 0 bridgehead atoms. The van der Waals surface area contributed by atoms with Crippen molar-refractivity contribution >= 4 is 11.6 Å². The summed E-state index contributed by atoms with van der Waals surface area (Å²) in [5.41, 5.74) is 0.793. The molecule has 2 rings (SSSR count). The fourth-order valence-electron chi connectivity index (χ4n) is 2.15. The fraction of sp³-hybridized carbons (Fsp3) is 0.500. The van der Waals surface area contributed by atoms with E-state index in [9.17, 15) is 5.11 Å².